The lowest BCUT2D eigenvalue weighted by Crippen LogP contribution is -2.42. The standard InChI is InChI=1S/C14H13BrFN3OS/c1-6-10-13(2,8-5-7(15)3-4-9(8)16)19-12(18)21-14(6,10)11(17)20/h3-5H,1-2H3,(H2,17,20)(H2,18,19)/t13-,14+/m1/s1. The summed E-state index contributed by atoms with van der Waals surface area (Å²) in [5.41, 5.74) is 12.3. The lowest BCUT2D eigenvalue weighted by Gasteiger charge is -2.32. The number of benzene rings is 1. The summed E-state index contributed by atoms with van der Waals surface area (Å²) in [4.78, 5) is 16.3. The van der Waals surface area contributed by atoms with E-state index in [4.69, 9.17) is 11.5 Å². The molecule has 0 unspecified atom stereocenters. The zero-order chi connectivity index (χ0) is 15.6. The fourth-order valence-corrected chi connectivity index (χ4v) is 4.76. The van der Waals surface area contributed by atoms with Gasteiger partial charge >= 0.3 is 0 Å². The van der Waals surface area contributed by atoms with Crippen LogP contribution < -0.4 is 11.5 Å². The monoisotopic (exact) mass is 369 g/mol. The fraction of sp³-hybridized carbons (Fsp3) is 0.286. The Kier molecular flexibility index (Phi) is 3.01. The van der Waals surface area contributed by atoms with Gasteiger partial charge in [0.15, 0.2) is 5.17 Å². The summed E-state index contributed by atoms with van der Waals surface area (Å²) in [5.74, 6) is -0.880. The maximum absolute atomic E-state index is 14.3. The molecule has 1 aromatic carbocycles. The topological polar surface area (TPSA) is 81.5 Å². The molecule has 0 saturated carbocycles. The number of nitrogens with two attached hydrogens (primary N) is 2. The molecule has 2 atom stereocenters. The molecule has 1 aliphatic carbocycles. The summed E-state index contributed by atoms with van der Waals surface area (Å²) in [6, 6.07) is 4.64. The molecule has 1 heterocycles. The molecule has 1 aliphatic heterocycles. The van der Waals surface area contributed by atoms with Crippen LogP contribution in [0.2, 0.25) is 0 Å². The smallest absolute Gasteiger partial charge is 0.242 e. The van der Waals surface area contributed by atoms with E-state index in [0.717, 1.165) is 27.4 Å². The van der Waals surface area contributed by atoms with Crippen molar-refractivity contribution < 1.29 is 9.18 Å². The van der Waals surface area contributed by atoms with Crippen LogP contribution in [0.15, 0.2) is 38.8 Å². The van der Waals surface area contributed by atoms with Gasteiger partial charge in [-0.2, -0.15) is 0 Å². The Morgan fingerprint density at radius 3 is 2.76 bits per heavy atom. The minimum Gasteiger partial charge on any atom is -0.378 e. The van der Waals surface area contributed by atoms with Crippen LogP contribution in [0.4, 0.5) is 4.39 Å². The largest absolute Gasteiger partial charge is 0.378 e. The summed E-state index contributed by atoms with van der Waals surface area (Å²) >= 11 is 4.46. The molecule has 2 aliphatic rings. The van der Waals surface area contributed by atoms with E-state index in [2.05, 4.69) is 20.9 Å². The number of fused-ring (bicyclic) bond motifs is 1. The third-order valence-electron chi connectivity index (χ3n) is 4.07. The van der Waals surface area contributed by atoms with E-state index < -0.39 is 22.0 Å². The van der Waals surface area contributed by atoms with Crippen molar-refractivity contribution in [2.24, 2.45) is 16.5 Å². The average molecular weight is 370 g/mol. The molecule has 21 heavy (non-hydrogen) atoms. The van der Waals surface area contributed by atoms with Gasteiger partial charge in [0.1, 0.15) is 16.1 Å². The highest BCUT2D eigenvalue weighted by atomic mass is 79.9. The van der Waals surface area contributed by atoms with Gasteiger partial charge in [0, 0.05) is 10.0 Å². The van der Waals surface area contributed by atoms with E-state index >= 15 is 0 Å². The maximum atomic E-state index is 14.3. The Bertz CT molecular complexity index is 748. The van der Waals surface area contributed by atoms with E-state index in [1.807, 2.05) is 6.92 Å². The maximum Gasteiger partial charge on any atom is 0.242 e. The summed E-state index contributed by atoms with van der Waals surface area (Å²) in [6.07, 6.45) is 0. The molecule has 1 amide bonds. The number of hydrogen-bond acceptors (Lipinski definition) is 4. The quantitative estimate of drug-likeness (QED) is 0.785. The number of primary amides is 1. The van der Waals surface area contributed by atoms with Crippen LogP contribution in [0.5, 0.6) is 0 Å². The number of hydrogen-bond donors (Lipinski definition) is 2. The van der Waals surface area contributed by atoms with Gasteiger partial charge in [-0.15, -0.1) is 0 Å². The van der Waals surface area contributed by atoms with E-state index in [1.54, 1.807) is 19.1 Å². The third kappa shape index (κ3) is 1.80. The predicted octanol–water partition coefficient (Wildman–Crippen LogP) is 2.42. The van der Waals surface area contributed by atoms with Crippen LogP contribution in [0.1, 0.15) is 19.4 Å². The highest BCUT2D eigenvalue weighted by Gasteiger charge is 2.66. The molecule has 4 N–H and O–H groups in total. The first-order chi connectivity index (χ1) is 9.73. The number of carbonyl (C=O) groups excluding carboxylic acids is 1. The molecule has 3 rings (SSSR count). The molecule has 7 heteroatoms. The van der Waals surface area contributed by atoms with Crippen molar-refractivity contribution in [1.29, 1.82) is 0 Å². The highest BCUT2D eigenvalue weighted by molar-refractivity contribution is 9.10. The molecule has 0 bridgehead atoms. The van der Waals surface area contributed by atoms with E-state index in [1.165, 1.54) is 6.07 Å². The van der Waals surface area contributed by atoms with E-state index in [9.17, 15) is 9.18 Å². The normalized spacial score (nSPS) is 30.8. The molecule has 110 valence electrons. The minimum atomic E-state index is -1.01. The van der Waals surface area contributed by atoms with Gasteiger partial charge in [-0.25, -0.2) is 9.38 Å². The van der Waals surface area contributed by atoms with Gasteiger partial charge in [0.05, 0.1) is 0 Å². The summed E-state index contributed by atoms with van der Waals surface area (Å²) < 4.78 is 14.1. The van der Waals surface area contributed by atoms with Gasteiger partial charge < -0.3 is 11.5 Å². The van der Waals surface area contributed by atoms with Gasteiger partial charge in [-0.05, 0) is 43.2 Å². The molecular formula is C14H13BrFN3OS. The first kappa shape index (κ1) is 14.6. The van der Waals surface area contributed by atoms with E-state index in [-0.39, 0.29) is 5.17 Å². The SMILES string of the molecule is CC1=C2[C@@]1(C(N)=O)SC(N)=N[C@]2(C)c1cc(Br)ccc1F. The second-order valence-corrected chi connectivity index (χ2v) is 7.44. The van der Waals surface area contributed by atoms with Gasteiger partial charge in [-0.3, -0.25) is 4.79 Å². The van der Waals surface area contributed by atoms with E-state index in [0.29, 0.717) is 5.56 Å². The molecule has 0 saturated heterocycles. The summed E-state index contributed by atoms with van der Waals surface area (Å²) in [7, 11) is 0. The number of thioether (sulfide) groups is 1. The zero-order valence-corrected chi connectivity index (χ0v) is 13.8. The molecule has 0 fully saturated rings. The number of carbonyl (C=O) groups is 1. The predicted molar refractivity (Wildman–Crippen MR) is 85.3 cm³/mol. The van der Waals surface area contributed by atoms with Gasteiger partial charge in [0.2, 0.25) is 5.91 Å². The van der Waals surface area contributed by atoms with Crippen molar-refractivity contribution in [2.75, 3.05) is 0 Å². The second kappa shape index (κ2) is 4.33. The Balaban J connectivity index is 2.23. The zero-order valence-electron chi connectivity index (χ0n) is 11.4. The molecule has 0 aromatic heterocycles. The second-order valence-electron chi connectivity index (χ2n) is 5.29. The Labute approximate surface area is 134 Å². The number of amides is 1. The molecule has 1 aromatic rings. The van der Waals surface area contributed by atoms with Crippen LogP contribution in [-0.2, 0) is 10.3 Å². The Hall–Kier alpha value is -1.34. The Morgan fingerprint density at radius 2 is 2.14 bits per heavy atom. The Morgan fingerprint density at radius 1 is 1.48 bits per heavy atom. The van der Waals surface area contributed by atoms with Crippen LogP contribution in [0, 0.1) is 5.82 Å². The summed E-state index contributed by atoms with van der Waals surface area (Å²) in [6.45, 7) is 3.57. The van der Waals surface area contributed by atoms with Crippen molar-refractivity contribution in [2.45, 2.75) is 24.1 Å². The fourth-order valence-electron chi connectivity index (χ4n) is 3.10. The average Bonchev–Trinajstić information content (AvgIpc) is 2.99. The lowest BCUT2D eigenvalue weighted by atomic mass is 9.87. The van der Waals surface area contributed by atoms with Crippen LogP contribution >= 0.6 is 27.7 Å². The first-order valence-corrected chi connectivity index (χ1v) is 7.86. The molecular weight excluding hydrogens is 357 g/mol. The molecule has 0 radical (unpaired) electrons. The van der Waals surface area contributed by atoms with Crippen LogP contribution in [0.25, 0.3) is 0 Å². The molecule has 4 nitrogen and oxygen atoms in total. The first-order valence-electron chi connectivity index (χ1n) is 6.25. The number of aliphatic imine (C=N–C) groups is 1. The van der Waals surface area contributed by atoms with Crippen molar-refractivity contribution >= 4 is 38.8 Å². The molecule has 0 spiro atoms. The highest BCUT2D eigenvalue weighted by Crippen LogP contribution is 2.64. The van der Waals surface area contributed by atoms with Crippen molar-refractivity contribution in [3.8, 4) is 0 Å². The third-order valence-corrected chi connectivity index (χ3v) is 5.88. The van der Waals surface area contributed by atoms with Crippen molar-refractivity contribution in [1.82, 2.24) is 0 Å². The summed E-state index contributed by atoms with van der Waals surface area (Å²) in [5, 5.41) is 0.233. The number of rotatable bonds is 2. The number of amidine groups is 1. The minimum absolute atomic E-state index is 0.233. The number of halogens is 2. The van der Waals surface area contributed by atoms with Gasteiger partial charge in [-0.1, -0.05) is 27.7 Å². The van der Waals surface area contributed by atoms with Crippen LogP contribution in [0.3, 0.4) is 0 Å². The van der Waals surface area contributed by atoms with Crippen molar-refractivity contribution in [3.63, 3.8) is 0 Å². The van der Waals surface area contributed by atoms with Gasteiger partial charge in [0.25, 0.3) is 0 Å². The lowest BCUT2D eigenvalue weighted by molar-refractivity contribution is -0.117. The number of nitrogens with zero attached hydrogens (tertiary/aromatic N) is 1. The van der Waals surface area contributed by atoms with Crippen LogP contribution in [-0.4, -0.2) is 15.8 Å². The van der Waals surface area contributed by atoms with Crippen molar-refractivity contribution in [3.05, 3.63) is 45.2 Å².